The van der Waals surface area contributed by atoms with Crippen molar-refractivity contribution in [1.29, 1.82) is 0 Å². The molecule has 1 heterocycles. The maximum atomic E-state index is 12.9. The maximum absolute atomic E-state index is 12.9. The molecule has 0 unspecified atom stereocenters. The van der Waals surface area contributed by atoms with Crippen LogP contribution in [-0.4, -0.2) is 28.0 Å². The molecule has 3 rings (SSSR count). The Morgan fingerprint density at radius 3 is 2.77 bits per heavy atom. The summed E-state index contributed by atoms with van der Waals surface area (Å²) in [5.74, 6) is 0.489. The van der Waals surface area contributed by atoms with Crippen molar-refractivity contribution in [2.45, 2.75) is 24.8 Å². The summed E-state index contributed by atoms with van der Waals surface area (Å²) in [5.41, 5.74) is 2.10. The number of fused-ring (bicyclic) bond motifs is 1. The fourth-order valence-corrected chi connectivity index (χ4v) is 4.97. The van der Waals surface area contributed by atoms with Crippen LogP contribution in [0.5, 0.6) is 5.75 Å². The number of carbonyl (C=O) groups excluding carboxylic acids is 1. The molecule has 1 aliphatic heterocycles. The SMILES string of the molecule is COc1cccc(CNS(=O)(=O)c2cc(Br)cc3c2N(C(C)=O)CC3)c1. The number of carbonyl (C=O) groups is 1. The molecule has 1 N–H and O–H groups in total. The number of ether oxygens (including phenoxy) is 1. The van der Waals surface area contributed by atoms with E-state index >= 15 is 0 Å². The van der Waals surface area contributed by atoms with E-state index in [0.29, 0.717) is 28.9 Å². The van der Waals surface area contributed by atoms with Crippen LogP contribution < -0.4 is 14.4 Å². The highest BCUT2D eigenvalue weighted by Gasteiger charge is 2.31. The van der Waals surface area contributed by atoms with Gasteiger partial charge in [0.25, 0.3) is 0 Å². The molecule has 26 heavy (non-hydrogen) atoms. The van der Waals surface area contributed by atoms with Gasteiger partial charge in [-0.05, 0) is 41.8 Å². The van der Waals surface area contributed by atoms with E-state index in [2.05, 4.69) is 20.7 Å². The Bertz CT molecular complexity index is 960. The number of methoxy groups -OCH3 is 1. The Morgan fingerprint density at radius 1 is 1.31 bits per heavy atom. The number of nitrogens with one attached hydrogen (secondary N) is 1. The number of benzene rings is 2. The van der Waals surface area contributed by atoms with E-state index in [9.17, 15) is 13.2 Å². The zero-order chi connectivity index (χ0) is 18.9. The number of hydrogen-bond acceptors (Lipinski definition) is 4. The highest BCUT2D eigenvalue weighted by molar-refractivity contribution is 9.10. The summed E-state index contributed by atoms with van der Waals surface area (Å²) in [6, 6.07) is 10.6. The topological polar surface area (TPSA) is 75.7 Å². The number of hydrogen-bond donors (Lipinski definition) is 1. The Kier molecular flexibility index (Phi) is 5.36. The highest BCUT2D eigenvalue weighted by atomic mass is 79.9. The third-order valence-corrected chi connectivity index (χ3v) is 6.14. The van der Waals surface area contributed by atoms with Crippen LogP contribution in [0.3, 0.4) is 0 Å². The predicted octanol–water partition coefficient (Wildman–Crippen LogP) is 2.85. The fraction of sp³-hybridized carbons (Fsp3) is 0.278. The number of rotatable bonds is 5. The molecule has 2 aromatic carbocycles. The van der Waals surface area contributed by atoms with Crippen molar-refractivity contribution in [3.63, 3.8) is 0 Å². The summed E-state index contributed by atoms with van der Waals surface area (Å²) in [6.07, 6.45) is 0.632. The molecule has 0 aromatic heterocycles. The molecule has 138 valence electrons. The number of anilines is 1. The molecule has 1 amide bonds. The molecule has 0 fully saturated rings. The van der Waals surface area contributed by atoms with E-state index in [1.807, 2.05) is 12.1 Å². The van der Waals surface area contributed by atoms with E-state index in [1.54, 1.807) is 25.3 Å². The van der Waals surface area contributed by atoms with Gasteiger partial charge in [-0.1, -0.05) is 28.1 Å². The summed E-state index contributed by atoms with van der Waals surface area (Å²) in [4.78, 5) is 13.5. The van der Waals surface area contributed by atoms with Crippen molar-refractivity contribution in [1.82, 2.24) is 4.72 Å². The van der Waals surface area contributed by atoms with Gasteiger partial charge >= 0.3 is 0 Å². The van der Waals surface area contributed by atoms with Crippen LogP contribution >= 0.6 is 15.9 Å². The molecule has 2 aromatic rings. The molecule has 0 aliphatic carbocycles. The fourth-order valence-electron chi connectivity index (χ4n) is 3.03. The van der Waals surface area contributed by atoms with Crippen LogP contribution in [0.15, 0.2) is 45.8 Å². The zero-order valence-corrected chi connectivity index (χ0v) is 16.9. The van der Waals surface area contributed by atoms with Gasteiger partial charge in [-0.25, -0.2) is 13.1 Å². The number of sulfonamides is 1. The lowest BCUT2D eigenvalue weighted by molar-refractivity contribution is -0.116. The molecule has 1 aliphatic rings. The van der Waals surface area contributed by atoms with Gasteiger partial charge in [0, 0.05) is 24.5 Å². The number of halogens is 1. The Balaban J connectivity index is 1.93. The van der Waals surface area contributed by atoms with Crippen LogP contribution in [-0.2, 0) is 27.8 Å². The zero-order valence-electron chi connectivity index (χ0n) is 14.5. The van der Waals surface area contributed by atoms with Gasteiger partial charge in [0.2, 0.25) is 15.9 Å². The first-order chi connectivity index (χ1) is 12.3. The van der Waals surface area contributed by atoms with Crippen molar-refractivity contribution in [3.05, 3.63) is 52.0 Å². The Labute approximate surface area is 161 Å². The smallest absolute Gasteiger partial charge is 0.242 e. The largest absolute Gasteiger partial charge is 0.497 e. The molecule has 0 spiro atoms. The lowest BCUT2D eigenvalue weighted by Crippen LogP contribution is -2.30. The van der Waals surface area contributed by atoms with Gasteiger partial charge in [-0.2, -0.15) is 0 Å². The van der Waals surface area contributed by atoms with Crippen molar-refractivity contribution in [2.75, 3.05) is 18.6 Å². The molecule has 0 saturated heterocycles. The highest BCUT2D eigenvalue weighted by Crippen LogP contribution is 2.37. The van der Waals surface area contributed by atoms with Gasteiger partial charge in [0.15, 0.2) is 0 Å². The minimum atomic E-state index is -3.81. The second-order valence-electron chi connectivity index (χ2n) is 6.01. The van der Waals surface area contributed by atoms with Crippen molar-refractivity contribution in [3.8, 4) is 5.75 Å². The van der Waals surface area contributed by atoms with Crippen LogP contribution in [0.1, 0.15) is 18.1 Å². The van der Waals surface area contributed by atoms with Crippen molar-refractivity contribution < 1.29 is 17.9 Å². The van der Waals surface area contributed by atoms with Crippen molar-refractivity contribution in [2.24, 2.45) is 0 Å². The molecule has 8 heteroatoms. The lowest BCUT2D eigenvalue weighted by atomic mass is 10.2. The maximum Gasteiger partial charge on any atom is 0.242 e. The van der Waals surface area contributed by atoms with Crippen LogP contribution in [0.25, 0.3) is 0 Å². The van der Waals surface area contributed by atoms with E-state index in [-0.39, 0.29) is 17.3 Å². The standard InChI is InChI=1S/C18H19BrN2O4S/c1-12(22)21-7-6-14-9-15(19)10-17(18(14)21)26(23,24)20-11-13-4-3-5-16(8-13)25-2/h3-5,8-10,20H,6-7,11H2,1-2H3. The molecule has 0 radical (unpaired) electrons. The van der Waals surface area contributed by atoms with Gasteiger partial charge in [0.1, 0.15) is 10.6 Å². The third-order valence-electron chi connectivity index (χ3n) is 4.26. The first kappa shape index (κ1) is 18.9. The predicted molar refractivity (Wildman–Crippen MR) is 103 cm³/mol. The summed E-state index contributed by atoms with van der Waals surface area (Å²) in [6.45, 7) is 2.05. The molecule has 0 bridgehead atoms. The summed E-state index contributed by atoms with van der Waals surface area (Å²) < 4.78 is 34.3. The average Bonchev–Trinajstić information content (AvgIpc) is 3.03. The molecule has 6 nitrogen and oxygen atoms in total. The van der Waals surface area contributed by atoms with Crippen molar-refractivity contribution >= 4 is 37.5 Å². The lowest BCUT2D eigenvalue weighted by Gasteiger charge is -2.19. The van der Waals surface area contributed by atoms with Gasteiger partial charge < -0.3 is 9.64 Å². The minimum Gasteiger partial charge on any atom is -0.497 e. The minimum absolute atomic E-state index is 0.109. The quantitative estimate of drug-likeness (QED) is 0.778. The summed E-state index contributed by atoms with van der Waals surface area (Å²) in [5, 5.41) is 0. The number of nitrogens with zero attached hydrogens (tertiary/aromatic N) is 1. The van der Waals surface area contributed by atoms with Gasteiger partial charge in [0.05, 0.1) is 12.8 Å². The normalized spacial score (nSPS) is 13.6. The molecular formula is C18H19BrN2O4S. The van der Waals surface area contributed by atoms with Gasteiger partial charge in [-0.15, -0.1) is 0 Å². The first-order valence-corrected chi connectivity index (χ1v) is 10.3. The first-order valence-electron chi connectivity index (χ1n) is 8.05. The monoisotopic (exact) mass is 438 g/mol. The van der Waals surface area contributed by atoms with E-state index in [0.717, 1.165) is 11.1 Å². The van der Waals surface area contributed by atoms with Crippen LogP contribution in [0, 0.1) is 0 Å². The Morgan fingerprint density at radius 2 is 2.08 bits per heavy atom. The molecule has 0 saturated carbocycles. The average molecular weight is 439 g/mol. The second kappa shape index (κ2) is 7.38. The summed E-state index contributed by atoms with van der Waals surface area (Å²) >= 11 is 3.37. The van der Waals surface area contributed by atoms with Crippen LogP contribution in [0.2, 0.25) is 0 Å². The van der Waals surface area contributed by atoms with Gasteiger partial charge in [-0.3, -0.25) is 4.79 Å². The van der Waals surface area contributed by atoms with Crippen LogP contribution in [0.4, 0.5) is 5.69 Å². The third kappa shape index (κ3) is 3.77. The molecule has 0 atom stereocenters. The second-order valence-corrected chi connectivity index (χ2v) is 8.66. The molecular weight excluding hydrogens is 420 g/mol. The number of amides is 1. The van der Waals surface area contributed by atoms with E-state index < -0.39 is 10.0 Å². The van der Waals surface area contributed by atoms with E-state index in [4.69, 9.17) is 4.74 Å². The Hall–Kier alpha value is -1.90. The summed E-state index contributed by atoms with van der Waals surface area (Å²) in [7, 11) is -2.25. The van der Waals surface area contributed by atoms with E-state index in [1.165, 1.54) is 17.9 Å².